The fourth-order valence-electron chi connectivity index (χ4n) is 1.84. The van der Waals surface area contributed by atoms with Crippen LogP contribution in [0.2, 0.25) is 0 Å². The quantitative estimate of drug-likeness (QED) is 0.860. The zero-order valence-electron chi connectivity index (χ0n) is 9.46. The van der Waals surface area contributed by atoms with Crippen molar-refractivity contribution in [2.75, 3.05) is 0 Å². The van der Waals surface area contributed by atoms with Crippen LogP contribution in [0, 0.1) is 5.82 Å². The van der Waals surface area contributed by atoms with E-state index in [-0.39, 0.29) is 10.9 Å². The first kappa shape index (κ1) is 12.7. The molecular weight excluding hydrogens is 257 g/mol. The van der Waals surface area contributed by atoms with Crippen LogP contribution < -0.4 is 5.43 Å². The van der Waals surface area contributed by atoms with Crippen molar-refractivity contribution >= 4 is 22.8 Å². The summed E-state index contributed by atoms with van der Waals surface area (Å²) < 4.78 is 14.6. The highest BCUT2D eigenvalue weighted by Crippen LogP contribution is 2.16. The topological polar surface area (TPSA) is 96.6 Å². The summed E-state index contributed by atoms with van der Waals surface area (Å²) in [5.74, 6) is -3.55. The number of para-hydroxylation sites is 1. The largest absolute Gasteiger partial charge is 0.480 e. The van der Waals surface area contributed by atoms with Crippen molar-refractivity contribution in [2.24, 2.45) is 0 Å². The minimum Gasteiger partial charge on any atom is -0.480 e. The maximum atomic E-state index is 13.7. The van der Waals surface area contributed by atoms with Crippen molar-refractivity contribution in [3.63, 3.8) is 0 Å². The summed E-state index contributed by atoms with van der Waals surface area (Å²) in [4.78, 5) is 33.5. The first-order chi connectivity index (χ1) is 8.91. The number of aromatic nitrogens is 1. The summed E-state index contributed by atoms with van der Waals surface area (Å²) in [5, 5.41) is 17.5. The second-order valence-electron chi connectivity index (χ2n) is 3.83. The number of carboxylic acid groups (broad SMARTS) is 2. The number of aliphatic carboxylic acids is 1. The lowest BCUT2D eigenvalue weighted by atomic mass is 10.1. The fourth-order valence-corrected chi connectivity index (χ4v) is 1.84. The number of carboxylic acids is 2. The molecule has 98 valence electrons. The Hall–Kier alpha value is -2.70. The molecule has 0 bridgehead atoms. The molecule has 1 aromatic heterocycles. The predicted molar refractivity (Wildman–Crippen MR) is 62.8 cm³/mol. The average Bonchev–Trinajstić information content (AvgIpc) is 2.31. The lowest BCUT2D eigenvalue weighted by Crippen LogP contribution is -2.21. The highest BCUT2D eigenvalue weighted by atomic mass is 19.1. The molecule has 0 amide bonds. The number of nitrogens with zero attached hydrogens (tertiary/aromatic N) is 1. The van der Waals surface area contributed by atoms with E-state index in [0.717, 1.165) is 16.8 Å². The van der Waals surface area contributed by atoms with Gasteiger partial charge in [0, 0.05) is 11.6 Å². The van der Waals surface area contributed by atoms with Crippen LogP contribution in [-0.4, -0.2) is 26.7 Å². The summed E-state index contributed by atoms with van der Waals surface area (Å²) in [6.07, 6.45) is 0.837. The number of pyridine rings is 1. The zero-order valence-corrected chi connectivity index (χ0v) is 9.46. The maximum Gasteiger partial charge on any atom is 0.341 e. The number of hydrogen-bond donors (Lipinski definition) is 2. The summed E-state index contributed by atoms with van der Waals surface area (Å²) in [6, 6.07) is 3.59. The minimum atomic E-state index is -1.49. The molecule has 0 fully saturated rings. The van der Waals surface area contributed by atoms with Crippen LogP contribution in [0.4, 0.5) is 4.39 Å². The van der Waals surface area contributed by atoms with Crippen molar-refractivity contribution in [3.8, 4) is 0 Å². The third-order valence-corrected chi connectivity index (χ3v) is 2.58. The van der Waals surface area contributed by atoms with Crippen molar-refractivity contribution in [3.05, 3.63) is 46.0 Å². The van der Waals surface area contributed by atoms with E-state index in [1.165, 1.54) is 12.1 Å². The molecule has 0 saturated carbocycles. The number of halogens is 1. The van der Waals surface area contributed by atoms with Gasteiger partial charge in [-0.15, -0.1) is 0 Å². The van der Waals surface area contributed by atoms with E-state index >= 15 is 0 Å². The summed E-state index contributed by atoms with van der Waals surface area (Å²) in [7, 11) is 0. The molecule has 7 heteroatoms. The van der Waals surface area contributed by atoms with Gasteiger partial charge in [0.25, 0.3) is 0 Å². The Morgan fingerprint density at radius 3 is 2.53 bits per heavy atom. The number of benzene rings is 1. The third-order valence-electron chi connectivity index (χ3n) is 2.58. The van der Waals surface area contributed by atoms with Gasteiger partial charge in [0.15, 0.2) is 0 Å². The molecule has 1 heterocycles. The second kappa shape index (κ2) is 4.52. The molecule has 0 aliphatic heterocycles. The van der Waals surface area contributed by atoms with Crippen LogP contribution in [0.25, 0.3) is 10.9 Å². The van der Waals surface area contributed by atoms with Gasteiger partial charge in [-0.05, 0) is 12.1 Å². The zero-order chi connectivity index (χ0) is 14.2. The van der Waals surface area contributed by atoms with Crippen molar-refractivity contribution < 1.29 is 24.2 Å². The lowest BCUT2D eigenvalue weighted by molar-refractivity contribution is -0.137. The molecule has 2 rings (SSSR count). The molecule has 0 unspecified atom stereocenters. The number of carbonyl (C=O) groups is 2. The molecular formula is C12H8FNO5. The molecule has 0 radical (unpaired) electrons. The number of fused-ring (bicyclic) bond motifs is 1. The van der Waals surface area contributed by atoms with Gasteiger partial charge in [-0.1, -0.05) is 6.07 Å². The smallest absolute Gasteiger partial charge is 0.341 e. The maximum absolute atomic E-state index is 13.7. The molecule has 0 aliphatic carbocycles. The molecule has 19 heavy (non-hydrogen) atoms. The van der Waals surface area contributed by atoms with Gasteiger partial charge in [-0.3, -0.25) is 9.59 Å². The standard InChI is InChI=1S/C12H8FNO5/c13-8-3-1-2-6-10(8)14(5-9(15)16)4-7(11(6)17)12(18)19/h1-4H,5H2,(H,15,16)(H,18,19). The minimum absolute atomic E-state index is 0.166. The normalized spacial score (nSPS) is 10.6. The highest BCUT2D eigenvalue weighted by Gasteiger charge is 2.17. The first-order valence-corrected chi connectivity index (χ1v) is 5.18. The van der Waals surface area contributed by atoms with Crippen molar-refractivity contribution in [1.29, 1.82) is 0 Å². The first-order valence-electron chi connectivity index (χ1n) is 5.18. The highest BCUT2D eigenvalue weighted by molar-refractivity contribution is 5.93. The summed E-state index contributed by atoms with van der Waals surface area (Å²) in [6.45, 7) is -0.641. The Labute approximate surface area is 105 Å². The van der Waals surface area contributed by atoms with Gasteiger partial charge in [0.1, 0.15) is 17.9 Å². The van der Waals surface area contributed by atoms with E-state index in [9.17, 15) is 18.8 Å². The number of rotatable bonds is 3. The Morgan fingerprint density at radius 2 is 1.95 bits per heavy atom. The van der Waals surface area contributed by atoms with Gasteiger partial charge in [-0.25, -0.2) is 9.18 Å². The van der Waals surface area contributed by atoms with Gasteiger partial charge < -0.3 is 14.8 Å². The van der Waals surface area contributed by atoms with Gasteiger partial charge in [0.2, 0.25) is 5.43 Å². The Kier molecular flexibility index (Phi) is 3.04. The van der Waals surface area contributed by atoms with Crippen LogP contribution in [0.1, 0.15) is 10.4 Å². The molecule has 1 aromatic carbocycles. The van der Waals surface area contributed by atoms with E-state index in [2.05, 4.69) is 0 Å². The molecule has 2 N–H and O–H groups in total. The molecule has 0 atom stereocenters. The van der Waals surface area contributed by atoms with E-state index in [4.69, 9.17) is 10.2 Å². The van der Waals surface area contributed by atoms with E-state index < -0.39 is 35.3 Å². The van der Waals surface area contributed by atoms with Crippen LogP contribution in [0.5, 0.6) is 0 Å². The van der Waals surface area contributed by atoms with Gasteiger partial charge >= 0.3 is 11.9 Å². The molecule has 0 spiro atoms. The second-order valence-corrected chi connectivity index (χ2v) is 3.83. The fraction of sp³-hybridized carbons (Fsp3) is 0.0833. The summed E-state index contributed by atoms with van der Waals surface area (Å²) in [5.41, 5.74) is -1.66. The van der Waals surface area contributed by atoms with E-state index in [1.807, 2.05) is 0 Å². The van der Waals surface area contributed by atoms with Crippen molar-refractivity contribution in [1.82, 2.24) is 4.57 Å². The molecule has 0 aliphatic rings. The van der Waals surface area contributed by atoms with Crippen LogP contribution in [-0.2, 0) is 11.3 Å². The Bertz CT molecular complexity index is 750. The Morgan fingerprint density at radius 1 is 1.26 bits per heavy atom. The van der Waals surface area contributed by atoms with E-state index in [0.29, 0.717) is 0 Å². The average molecular weight is 265 g/mol. The summed E-state index contributed by atoms with van der Waals surface area (Å²) >= 11 is 0. The molecule has 2 aromatic rings. The number of hydrogen-bond acceptors (Lipinski definition) is 3. The predicted octanol–water partition coefficient (Wildman–Crippen LogP) is 0.923. The van der Waals surface area contributed by atoms with Gasteiger partial charge in [-0.2, -0.15) is 0 Å². The van der Waals surface area contributed by atoms with Crippen LogP contribution >= 0.6 is 0 Å². The van der Waals surface area contributed by atoms with Crippen LogP contribution in [0.3, 0.4) is 0 Å². The third kappa shape index (κ3) is 2.17. The SMILES string of the molecule is O=C(O)Cn1cc(C(=O)O)c(=O)c2cccc(F)c21. The monoisotopic (exact) mass is 265 g/mol. The van der Waals surface area contributed by atoms with E-state index in [1.54, 1.807) is 0 Å². The van der Waals surface area contributed by atoms with Gasteiger partial charge in [0.05, 0.1) is 5.52 Å². The van der Waals surface area contributed by atoms with Crippen molar-refractivity contribution in [2.45, 2.75) is 6.54 Å². The number of aromatic carboxylic acids is 1. The lowest BCUT2D eigenvalue weighted by Gasteiger charge is -2.10. The van der Waals surface area contributed by atoms with Crippen LogP contribution in [0.15, 0.2) is 29.2 Å². The molecule has 0 saturated heterocycles. The molecule has 6 nitrogen and oxygen atoms in total. The Balaban J connectivity index is 2.92.